The number of anilines is 1. The molecule has 0 unspecified atom stereocenters. The standard InChI is InChI=1S/C18H24N4/c1-3-22(4-2)15-14-19-17-12-8-9-13-18(17)21-20-16-10-6-5-7-11-16/h5-13,19H,3-4,14-15H2,1-2H3. The molecule has 1 N–H and O–H groups in total. The Morgan fingerprint density at radius 3 is 2.27 bits per heavy atom. The maximum Gasteiger partial charge on any atom is 0.109 e. The lowest BCUT2D eigenvalue weighted by atomic mass is 10.2. The fourth-order valence-electron chi connectivity index (χ4n) is 2.21. The summed E-state index contributed by atoms with van der Waals surface area (Å²) in [5.41, 5.74) is 2.75. The maximum absolute atomic E-state index is 4.36. The van der Waals surface area contributed by atoms with E-state index >= 15 is 0 Å². The van der Waals surface area contributed by atoms with E-state index in [2.05, 4.69) is 34.3 Å². The molecule has 2 rings (SSSR count). The van der Waals surface area contributed by atoms with Crippen molar-refractivity contribution in [3.8, 4) is 0 Å². The first-order chi connectivity index (χ1) is 10.8. The number of nitrogens with one attached hydrogen (secondary N) is 1. The van der Waals surface area contributed by atoms with Gasteiger partial charge in [0, 0.05) is 13.1 Å². The molecule has 2 aromatic carbocycles. The Labute approximate surface area is 132 Å². The van der Waals surface area contributed by atoms with E-state index in [9.17, 15) is 0 Å². The van der Waals surface area contributed by atoms with Gasteiger partial charge in [-0.05, 0) is 37.4 Å². The van der Waals surface area contributed by atoms with Gasteiger partial charge in [-0.3, -0.25) is 0 Å². The van der Waals surface area contributed by atoms with Gasteiger partial charge in [-0.1, -0.05) is 44.2 Å². The van der Waals surface area contributed by atoms with Crippen LogP contribution in [-0.4, -0.2) is 31.1 Å². The number of rotatable bonds is 8. The molecule has 2 aromatic rings. The highest BCUT2D eigenvalue weighted by molar-refractivity contribution is 5.65. The lowest BCUT2D eigenvalue weighted by molar-refractivity contribution is 0.316. The van der Waals surface area contributed by atoms with Gasteiger partial charge in [0.1, 0.15) is 5.69 Å². The average Bonchev–Trinajstić information content (AvgIpc) is 2.59. The van der Waals surface area contributed by atoms with Crippen LogP contribution >= 0.6 is 0 Å². The number of azo groups is 1. The Balaban J connectivity index is 1.99. The zero-order valence-electron chi connectivity index (χ0n) is 13.4. The van der Waals surface area contributed by atoms with Crippen LogP contribution in [0.15, 0.2) is 64.8 Å². The van der Waals surface area contributed by atoms with Crippen molar-refractivity contribution < 1.29 is 0 Å². The molecule has 4 nitrogen and oxygen atoms in total. The fraction of sp³-hybridized carbons (Fsp3) is 0.333. The molecular weight excluding hydrogens is 272 g/mol. The second-order valence-corrected chi connectivity index (χ2v) is 5.01. The van der Waals surface area contributed by atoms with Crippen LogP contribution < -0.4 is 5.32 Å². The molecule has 0 aromatic heterocycles. The number of hydrogen-bond donors (Lipinski definition) is 1. The lowest BCUT2D eigenvalue weighted by Crippen LogP contribution is -2.28. The largest absolute Gasteiger partial charge is 0.382 e. The predicted octanol–water partition coefficient (Wildman–Crippen LogP) is 4.86. The summed E-state index contributed by atoms with van der Waals surface area (Å²) in [4.78, 5) is 2.39. The number of nitrogens with zero attached hydrogens (tertiary/aromatic N) is 3. The van der Waals surface area contributed by atoms with Gasteiger partial charge in [-0.2, -0.15) is 5.11 Å². The Kier molecular flexibility index (Phi) is 6.58. The summed E-state index contributed by atoms with van der Waals surface area (Å²) in [6, 6.07) is 17.8. The molecule has 0 atom stereocenters. The van der Waals surface area contributed by atoms with Crippen molar-refractivity contribution in [2.24, 2.45) is 10.2 Å². The molecule has 22 heavy (non-hydrogen) atoms. The molecule has 0 bridgehead atoms. The second-order valence-electron chi connectivity index (χ2n) is 5.01. The molecular formula is C18H24N4. The molecule has 0 radical (unpaired) electrons. The van der Waals surface area contributed by atoms with Gasteiger partial charge in [0.2, 0.25) is 0 Å². The van der Waals surface area contributed by atoms with Crippen LogP contribution in [0.3, 0.4) is 0 Å². The van der Waals surface area contributed by atoms with Crippen molar-refractivity contribution in [2.75, 3.05) is 31.5 Å². The molecule has 0 spiro atoms. The van der Waals surface area contributed by atoms with E-state index in [0.717, 1.165) is 43.2 Å². The van der Waals surface area contributed by atoms with Crippen molar-refractivity contribution in [1.29, 1.82) is 0 Å². The van der Waals surface area contributed by atoms with Gasteiger partial charge in [0.15, 0.2) is 0 Å². The highest BCUT2D eigenvalue weighted by Crippen LogP contribution is 2.26. The van der Waals surface area contributed by atoms with Crippen LogP contribution in [-0.2, 0) is 0 Å². The summed E-state index contributed by atoms with van der Waals surface area (Å²) in [5, 5.41) is 12.1. The van der Waals surface area contributed by atoms with Gasteiger partial charge in [-0.15, -0.1) is 5.11 Å². The number of benzene rings is 2. The van der Waals surface area contributed by atoms with E-state index in [1.807, 2.05) is 54.6 Å². The van der Waals surface area contributed by atoms with E-state index in [1.54, 1.807) is 0 Å². The Hall–Kier alpha value is -2.20. The van der Waals surface area contributed by atoms with Gasteiger partial charge in [0.25, 0.3) is 0 Å². The van der Waals surface area contributed by atoms with Crippen LogP contribution in [0.2, 0.25) is 0 Å². The molecule has 0 aliphatic carbocycles. The third-order valence-corrected chi connectivity index (χ3v) is 3.57. The molecule has 0 aliphatic rings. The van der Waals surface area contributed by atoms with Crippen LogP contribution in [0.5, 0.6) is 0 Å². The smallest absolute Gasteiger partial charge is 0.109 e. The number of hydrogen-bond acceptors (Lipinski definition) is 4. The van der Waals surface area contributed by atoms with E-state index in [-0.39, 0.29) is 0 Å². The zero-order valence-corrected chi connectivity index (χ0v) is 13.4. The summed E-state index contributed by atoms with van der Waals surface area (Å²) in [5.74, 6) is 0. The number of likely N-dealkylation sites (N-methyl/N-ethyl adjacent to an activating group) is 1. The van der Waals surface area contributed by atoms with Crippen molar-refractivity contribution in [2.45, 2.75) is 13.8 Å². The second kappa shape index (κ2) is 8.95. The molecule has 4 heteroatoms. The molecule has 0 saturated heterocycles. The Morgan fingerprint density at radius 1 is 0.864 bits per heavy atom. The fourth-order valence-corrected chi connectivity index (χ4v) is 2.21. The van der Waals surface area contributed by atoms with Gasteiger partial charge >= 0.3 is 0 Å². The topological polar surface area (TPSA) is 40.0 Å². The minimum Gasteiger partial charge on any atom is -0.382 e. The maximum atomic E-state index is 4.36. The lowest BCUT2D eigenvalue weighted by Gasteiger charge is -2.18. The van der Waals surface area contributed by atoms with Crippen molar-refractivity contribution in [1.82, 2.24) is 4.90 Å². The van der Waals surface area contributed by atoms with Crippen LogP contribution in [0.25, 0.3) is 0 Å². The Morgan fingerprint density at radius 2 is 1.55 bits per heavy atom. The quantitative estimate of drug-likeness (QED) is 0.707. The molecule has 0 heterocycles. The van der Waals surface area contributed by atoms with Gasteiger partial charge in [0.05, 0.1) is 11.4 Å². The SMILES string of the molecule is CCN(CC)CCNc1ccccc1N=Nc1ccccc1. The van der Waals surface area contributed by atoms with Crippen molar-refractivity contribution in [3.05, 3.63) is 54.6 Å². The van der Waals surface area contributed by atoms with Crippen molar-refractivity contribution >= 4 is 17.1 Å². The van der Waals surface area contributed by atoms with Crippen LogP contribution in [0, 0.1) is 0 Å². The normalized spacial score (nSPS) is 11.2. The minimum absolute atomic E-state index is 0.862. The molecule has 0 aliphatic heterocycles. The van der Waals surface area contributed by atoms with Gasteiger partial charge < -0.3 is 10.2 Å². The number of para-hydroxylation sites is 1. The first kappa shape index (κ1) is 16.2. The van der Waals surface area contributed by atoms with E-state index in [4.69, 9.17) is 0 Å². The minimum atomic E-state index is 0.862. The van der Waals surface area contributed by atoms with E-state index in [0.29, 0.717) is 0 Å². The summed E-state index contributed by atoms with van der Waals surface area (Å²) < 4.78 is 0. The van der Waals surface area contributed by atoms with Crippen LogP contribution in [0.4, 0.5) is 17.1 Å². The summed E-state index contributed by atoms with van der Waals surface area (Å²) in [7, 11) is 0. The average molecular weight is 296 g/mol. The van der Waals surface area contributed by atoms with E-state index < -0.39 is 0 Å². The first-order valence-electron chi connectivity index (χ1n) is 7.85. The third kappa shape index (κ3) is 4.97. The predicted molar refractivity (Wildman–Crippen MR) is 93.3 cm³/mol. The molecule has 116 valence electrons. The first-order valence-corrected chi connectivity index (χ1v) is 7.85. The highest BCUT2D eigenvalue weighted by Gasteiger charge is 2.02. The summed E-state index contributed by atoms with van der Waals surface area (Å²) in [6.07, 6.45) is 0. The molecule has 0 amide bonds. The van der Waals surface area contributed by atoms with Crippen molar-refractivity contribution in [3.63, 3.8) is 0 Å². The summed E-state index contributed by atoms with van der Waals surface area (Å²) >= 11 is 0. The molecule has 0 fully saturated rings. The highest BCUT2D eigenvalue weighted by atomic mass is 15.1. The Bertz CT molecular complexity index is 577. The van der Waals surface area contributed by atoms with Gasteiger partial charge in [-0.25, -0.2) is 0 Å². The zero-order chi connectivity index (χ0) is 15.6. The molecule has 0 saturated carbocycles. The monoisotopic (exact) mass is 296 g/mol. The third-order valence-electron chi connectivity index (χ3n) is 3.57. The summed E-state index contributed by atoms with van der Waals surface area (Å²) in [6.45, 7) is 8.45. The van der Waals surface area contributed by atoms with E-state index in [1.165, 1.54) is 0 Å². The van der Waals surface area contributed by atoms with Crippen LogP contribution in [0.1, 0.15) is 13.8 Å².